The number of hydrogen-bond donors (Lipinski definition) is 1. The highest BCUT2D eigenvalue weighted by Gasteiger charge is 2.06. The minimum Gasteiger partial charge on any atom is -0.316 e. The van der Waals surface area contributed by atoms with Crippen molar-refractivity contribution in [3.63, 3.8) is 0 Å². The van der Waals surface area contributed by atoms with E-state index < -0.39 is 0 Å². The van der Waals surface area contributed by atoms with Crippen molar-refractivity contribution in [1.29, 1.82) is 0 Å². The van der Waals surface area contributed by atoms with E-state index in [2.05, 4.69) is 24.4 Å². The fourth-order valence-corrected chi connectivity index (χ4v) is 2.07. The summed E-state index contributed by atoms with van der Waals surface area (Å²) in [6.45, 7) is 2.79. The Balaban J connectivity index is 2.38. The van der Waals surface area contributed by atoms with Crippen LogP contribution in [0.4, 0.5) is 4.39 Å². The fraction of sp³-hybridized carbons (Fsp3) is 0.250. The van der Waals surface area contributed by atoms with Crippen molar-refractivity contribution in [2.75, 3.05) is 7.05 Å². The lowest BCUT2D eigenvalue weighted by atomic mass is 10.0. The van der Waals surface area contributed by atoms with Crippen molar-refractivity contribution < 1.29 is 4.39 Å². The number of benzene rings is 2. The molecule has 0 aliphatic heterocycles. The molecule has 2 rings (SSSR count). The number of halogens is 1. The normalized spacial score (nSPS) is 10.6. The predicted octanol–water partition coefficient (Wildman–Crippen LogP) is 3.77. The van der Waals surface area contributed by atoms with Crippen LogP contribution in [-0.4, -0.2) is 7.05 Å². The molecule has 0 aromatic heterocycles. The molecular formula is C16H18FN. The second-order valence-corrected chi connectivity index (χ2v) is 4.40. The third kappa shape index (κ3) is 2.77. The van der Waals surface area contributed by atoms with E-state index in [-0.39, 0.29) is 5.82 Å². The van der Waals surface area contributed by atoms with Crippen LogP contribution in [0.3, 0.4) is 0 Å². The third-order valence-corrected chi connectivity index (χ3v) is 3.06. The molecule has 18 heavy (non-hydrogen) atoms. The van der Waals surface area contributed by atoms with E-state index in [0.717, 1.165) is 17.5 Å². The predicted molar refractivity (Wildman–Crippen MR) is 74.0 cm³/mol. The molecule has 2 aromatic rings. The Labute approximate surface area is 108 Å². The van der Waals surface area contributed by atoms with Crippen LogP contribution in [0.5, 0.6) is 0 Å². The molecule has 2 heteroatoms. The van der Waals surface area contributed by atoms with Gasteiger partial charge in [-0.15, -0.1) is 0 Å². The first-order chi connectivity index (χ1) is 8.74. The number of rotatable bonds is 4. The van der Waals surface area contributed by atoms with E-state index >= 15 is 0 Å². The van der Waals surface area contributed by atoms with Crippen molar-refractivity contribution in [2.45, 2.75) is 19.9 Å². The van der Waals surface area contributed by atoms with Gasteiger partial charge in [0.15, 0.2) is 0 Å². The molecule has 94 valence electrons. The highest BCUT2D eigenvalue weighted by Crippen LogP contribution is 2.24. The largest absolute Gasteiger partial charge is 0.316 e. The summed E-state index contributed by atoms with van der Waals surface area (Å²) in [5.41, 5.74) is 3.81. The maximum atomic E-state index is 14.1. The maximum absolute atomic E-state index is 14.1. The summed E-state index contributed by atoms with van der Waals surface area (Å²) >= 11 is 0. The van der Waals surface area contributed by atoms with Crippen molar-refractivity contribution in [2.24, 2.45) is 0 Å². The Morgan fingerprint density at radius 3 is 2.56 bits per heavy atom. The summed E-state index contributed by atoms with van der Waals surface area (Å²) in [5, 5.41) is 3.02. The molecule has 0 fully saturated rings. The average Bonchev–Trinajstić information content (AvgIpc) is 2.39. The van der Waals surface area contributed by atoms with Gasteiger partial charge in [-0.1, -0.05) is 43.3 Å². The molecule has 0 saturated heterocycles. The highest BCUT2D eigenvalue weighted by molar-refractivity contribution is 5.65. The summed E-state index contributed by atoms with van der Waals surface area (Å²) in [5.74, 6) is -0.156. The first-order valence-corrected chi connectivity index (χ1v) is 6.27. The van der Waals surface area contributed by atoms with E-state index in [1.165, 1.54) is 5.56 Å². The van der Waals surface area contributed by atoms with Gasteiger partial charge in [0, 0.05) is 12.1 Å². The van der Waals surface area contributed by atoms with Gasteiger partial charge in [-0.25, -0.2) is 4.39 Å². The van der Waals surface area contributed by atoms with E-state index in [9.17, 15) is 4.39 Å². The molecule has 1 N–H and O–H groups in total. The van der Waals surface area contributed by atoms with E-state index in [4.69, 9.17) is 0 Å². The van der Waals surface area contributed by atoms with Crippen molar-refractivity contribution >= 4 is 0 Å². The van der Waals surface area contributed by atoms with Crippen LogP contribution in [0.25, 0.3) is 11.1 Å². The quantitative estimate of drug-likeness (QED) is 0.861. The van der Waals surface area contributed by atoms with Gasteiger partial charge in [0.1, 0.15) is 5.82 Å². The lowest BCUT2D eigenvalue weighted by molar-refractivity contribution is 0.627. The van der Waals surface area contributed by atoms with Gasteiger partial charge in [0.2, 0.25) is 0 Å². The molecule has 0 saturated carbocycles. The zero-order valence-corrected chi connectivity index (χ0v) is 10.8. The van der Waals surface area contributed by atoms with Crippen LogP contribution >= 0.6 is 0 Å². The molecule has 0 spiro atoms. The number of nitrogens with one attached hydrogen (secondary N) is 1. The topological polar surface area (TPSA) is 12.0 Å². The van der Waals surface area contributed by atoms with E-state index in [1.54, 1.807) is 6.07 Å². The summed E-state index contributed by atoms with van der Waals surface area (Å²) in [6, 6.07) is 13.5. The second kappa shape index (κ2) is 5.78. The van der Waals surface area contributed by atoms with Crippen molar-refractivity contribution in [3.8, 4) is 11.1 Å². The van der Waals surface area contributed by atoms with E-state index in [1.807, 2.05) is 31.3 Å². The molecular weight excluding hydrogens is 225 g/mol. The molecule has 0 aliphatic carbocycles. The fourth-order valence-electron chi connectivity index (χ4n) is 2.07. The first-order valence-electron chi connectivity index (χ1n) is 6.27. The van der Waals surface area contributed by atoms with Gasteiger partial charge in [0.05, 0.1) is 0 Å². The molecule has 0 radical (unpaired) electrons. The summed E-state index contributed by atoms with van der Waals surface area (Å²) in [6.07, 6.45) is 0.966. The molecule has 2 aromatic carbocycles. The lowest BCUT2D eigenvalue weighted by Crippen LogP contribution is -2.05. The van der Waals surface area contributed by atoms with Crippen LogP contribution < -0.4 is 5.32 Å². The minimum atomic E-state index is -0.156. The third-order valence-electron chi connectivity index (χ3n) is 3.06. The van der Waals surface area contributed by atoms with Gasteiger partial charge in [-0.2, -0.15) is 0 Å². The Hall–Kier alpha value is -1.67. The number of hydrogen-bond acceptors (Lipinski definition) is 1. The Bertz CT molecular complexity index is 534. The molecule has 0 heterocycles. The van der Waals surface area contributed by atoms with Crippen LogP contribution in [0.15, 0.2) is 42.5 Å². The Kier molecular flexibility index (Phi) is 4.11. The zero-order valence-electron chi connectivity index (χ0n) is 10.8. The summed E-state index contributed by atoms with van der Waals surface area (Å²) < 4.78 is 14.1. The van der Waals surface area contributed by atoms with Crippen molar-refractivity contribution in [3.05, 3.63) is 59.4 Å². The zero-order chi connectivity index (χ0) is 13.0. The highest BCUT2D eigenvalue weighted by atomic mass is 19.1. The first kappa shape index (κ1) is 12.8. The number of aryl methyl sites for hydroxylation is 1. The van der Waals surface area contributed by atoms with Crippen LogP contribution in [0, 0.1) is 5.82 Å². The van der Waals surface area contributed by atoms with E-state index in [0.29, 0.717) is 12.1 Å². The van der Waals surface area contributed by atoms with Gasteiger partial charge in [-0.3, -0.25) is 0 Å². The second-order valence-electron chi connectivity index (χ2n) is 4.40. The maximum Gasteiger partial charge on any atom is 0.131 e. The lowest BCUT2D eigenvalue weighted by Gasteiger charge is -2.07. The molecule has 0 bridgehead atoms. The smallest absolute Gasteiger partial charge is 0.131 e. The van der Waals surface area contributed by atoms with Gasteiger partial charge >= 0.3 is 0 Å². The standard InChI is InChI=1S/C16H18FN/c1-3-12-5-4-6-14(9-12)15-8-7-13(11-18-2)10-16(15)17/h4-10,18H,3,11H2,1-2H3. The van der Waals surface area contributed by atoms with Crippen LogP contribution in [0.2, 0.25) is 0 Å². The van der Waals surface area contributed by atoms with Crippen LogP contribution in [0.1, 0.15) is 18.1 Å². The molecule has 0 atom stereocenters. The Morgan fingerprint density at radius 2 is 1.89 bits per heavy atom. The Morgan fingerprint density at radius 1 is 1.06 bits per heavy atom. The van der Waals surface area contributed by atoms with Crippen LogP contribution in [-0.2, 0) is 13.0 Å². The molecule has 0 amide bonds. The summed E-state index contributed by atoms with van der Waals surface area (Å²) in [4.78, 5) is 0. The van der Waals surface area contributed by atoms with Gasteiger partial charge < -0.3 is 5.32 Å². The van der Waals surface area contributed by atoms with Crippen molar-refractivity contribution in [1.82, 2.24) is 5.32 Å². The van der Waals surface area contributed by atoms with Gasteiger partial charge in [-0.05, 0) is 36.2 Å². The molecule has 0 unspecified atom stereocenters. The monoisotopic (exact) mass is 243 g/mol. The SMILES string of the molecule is CCc1cccc(-c2ccc(CNC)cc2F)c1. The molecule has 0 aliphatic rings. The minimum absolute atomic E-state index is 0.156. The average molecular weight is 243 g/mol. The summed E-state index contributed by atoms with van der Waals surface area (Å²) in [7, 11) is 1.86. The molecule has 1 nitrogen and oxygen atoms in total. The van der Waals surface area contributed by atoms with Gasteiger partial charge in [0.25, 0.3) is 0 Å².